The minimum atomic E-state index is -4.32. The minimum absolute atomic E-state index is 0.584. The normalized spacial score (nSPS) is 11.4. The molecule has 0 bridgehead atoms. The van der Waals surface area contributed by atoms with Crippen LogP contribution in [0.15, 0.2) is 34.1 Å². The van der Waals surface area contributed by atoms with Crippen LogP contribution in [0.2, 0.25) is 0 Å². The maximum Gasteiger partial charge on any atom is 0.207 e. The second-order valence-electron chi connectivity index (χ2n) is 4.12. The number of hydrogen-bond donors (Lipinski definition) is 6. The molecule has 21 heavy (non-hydrogen) atoms. The third-order valence-corrected chi connectivity index (χ3v) is 4.42. The van der Waals surface area contributed by atoms with E-state index in [0.717, 1.165) is 0 Å². The lowest BCUT2D eigenvalue weighted by Gasteiger charge is -2.09. The summed E-state index contributed by atoms with van der Waals surface area (Å²) in [5.41, 5.74) is 0. The number of aromatic hydroxyl groups is 6. The number of phenols is 6. The Balaban J connectivity index is 2.68. The van der Waals surface area contributed by atoms with Gasteiger partial charge >= 0.3 is 0 Å². The molecule has 0 aromatic heterocycles. The molecule has 9 heteroatoms. The summed E-state index contributed by atoms with van der Waals surface area (Å²) in [6.07, 6.45) is 0. The maximum absolute atomic E-state index is 12.3. The molecule has 0 saturated heterocycles. The Morgan fingerprint density at radius 1 is 0.571 bits per heavy atom. The predicted molar refractivity (Wildman–Crippen MR) is 68.3 cm³/mol. The zero-order chi connectivity index (χ0) is 15.9. The number of phenolic OH excluding ortho intramolecular Hbond substituents is 6. The van der Waals surface area contributed by atoms with Crippen molar-refractivity contribution in [2.45, 2.75) is 9.79 Å². The zero-order valence-corrected chi connectivity index (χ0v) is 11.0. The second kappa shape index (κ2) is 4.63. The summed E-state index contributed by atoms with van der Waals surface area (Å²) in [6, 6.07) is 2.74. The van der Waals surface area contributed by atoms with E-state index in [2.05, 4.69) is 0 Å². The molecule has 8 nitrogen and oxygen atoms in total. The topological polar surface area (TPSA) is 156 Å². The zero-order valence-electron chi connectivity index (χ0n) is 10.2. The average Bonchev–Trinajstić information content (AvgIpc) is 2.40. The molecule has 6 N–H and O–H groups in total. The van der Waals surface area contributed by atoms with E-state index in [1.165, 1.54) is 0 Å². The molecule has 0 aliphatic rings. The first-order valence-corrected chi connectivity index (χ1v) is 6.88. The Morgan fingerprint density at radius 2 is 0.810 bits per heavy atom. The summed E-state index contributed by atoms with van der Waals surface area (Å²) < 4.78 is 24.5. The van der Waals surface area contributed by atoms with Crippen LogP contribution in [0.3, 0.4) is 0 Å². The van der Waals surface area contributed by atoms with Crippen molar-refractivity contribution in [3.05, 3.63) is 24.3 Å². The average molecular weight is 314 g/mol. The van der Waals surface area contributed by atoms with E-state index in [4.69, 9.17) is 0 Å². The summed E-state index contributed by atoms with van der Waals surface area (Å²) in [4.78, 5) is -1.17. The predicted octanol–water partition coefficient (Wildman–Crippen LogP) is 0.753. The van der Waals surface area contributed by atoms with E-state index >= 15 is 0 Å². The number of benzene rings is 2. The van der Waals surface area contributed by atoms with Gasteiger partial charge in [-0.1, -0.05) is 0 Å². The quantitative estimate of drug-likeness (QED) is 0.443. The third-order valence-electron chi connectivity index (χ3n) is 2.71. The van der Waals surface area contributed by atoms with Crippen LogP contribution in [-0.2, 0) is 9.84 Å². The first-order chi connectivity index (χ1) is 9.64. The summed E-state index contributed by atoms with van der Waals surface area (Å²) in [5.74, 6) is -5.21. The van der Waals surface area contributed by atoms with Crippen LogP contribution in [0, 0.1) is 0 Å². The van der Waals surface area contributed by atoms with Crippen molar-refractivity contribution in [3.63, 3.8) is 0 Å². The summed E-state index contributed by atoms with van der Waals surface area (Å²) in [7, 11) is -4.32. The Labute approximate surface area is 118 Å². The van der Waals surface area contributed by atoms with Gasteiger partial charge in [-0.05, 0) is 0 Å². The first kappa shape index (κ1) is 14.6. The van der Waals surface area contributed by atoms with Crippen molar-refractivity contribution >= 4 is 9.84 Å². The molecule has 0 aliphatic carbocycles. The van der Waals surface area contributed by atoms with Crippen molar-refractivity contribution < 1.29 is 39.1 Å². The fraction of sp³-hybridized carbons (Fsp3) is 0. The van der Waals surface area contributed by atoms with Crippen molar-refractivity contribution in [2.24, 2.45) is 0 Å². The van der Waals surface area contributed by atoms with Crippen LogP contribution >= 0.6 is 0 Å². The Hall–Kier alpha value is -2.81. The highest BCUT2D eigenvalue weighted by molar-refractivity contribution is 7.91. The molecule has 2 aromatic rings. The van der Waals surface area contributed by atoms with Gasteiger partial charge in [0.15, 0.2) is 34.5 Å². The fourth-order valence-corrected chi connectivity index (χ4v) is 2.94. The Kier molecular flexibility index (Phi) is 3.22. The van der Waals surface area contributed by atoms with E-state index in [9.17, 15) is 39.1 Å². The molecule has 0 radical (unpaired) electrons. The van der Waals surface area contributed by atoms with Crippen molar-refractivity contribution in [2.75, 3.05) is 0 Å². The molecule has 0 atom stereocenters. The smallest absolute Gasteiger partial charge is 0.207 e. The number of sulfone groups is 1. The molecular weight excluding hydrogens is 304 g/mol. The van der Waals surface area contributed by atoms with E-state index in [1.807, 2.05) is 0 Å². The van der Waals surface area contributed by atoms with Gasteiger partial charge in [-0.15, -0.1) is 0 Å². The monoisotopic (exact) mass is 314 g/mol. The summed E-state index contributed by atoms with van der Waals surface area (Å²) in [6.45, 7) is 0. The Bertz CT molecular complexity index is 716. The lowest BCUT2D eigenvalue weighted by atomic mass is 10.3. The van der Waals surface area contributed by atoms with Gasteiger partial charge in [-0.25, -0.2) is 8.42 Å². The largest absolute Gasteiger partial charge is 0.504 e. The van der Waals surface area contributed by atoms with Gasteiger partial charge in [0.25, 0.3) is 0 Å². The molecular formula is C12H10O8S. The van der Waals surface area contributed by atoms with Gasteiger partial charge in [0.05, 0.1) is 9.79 Å². The van der Waals surface area contributed by atoms with Crippen LogP contribution in [0.25, 0.3) is 0 Å². The molecule has 112 valence electrons. The standard InChI is InChI=1S/C12H10O8S/c13-7-1-5(2-8(14)11(7)17)21(19,20)6-3-9(15)12(18)10(16)4-6/h1-4,13-18H. The van der Waals surface area contributed by atoms with Gasteiger partial charge in [0.1, 0.15) is 0 Å². The highest BCUT2D eigenvalue weighted by Gasteiger charge is 2.24. The second-order valence-corrected chi connectivity index (χ2v) is 6.07. The highest BCUT2D eigenvalue weighted by atomic mass is 32.2. The van der Waals surface area contributed by atoms with E-state index in [0.29, 0.717) is 24.3 Å². The lowest BCUT2D eigenvalue weighted by Crippen LogP contribution is -2.02. The van der Waals surface area contributed by atoms with Crippen molar-refractivity contribution in [1.29, 1.82) is 0 Å². The van der Waals surface area contributed by atoms with Crippen LogP contribution in [-0.4, -0.2) is 39.1 Å². The molecule has 0 aliphatic heterocycles. The van der Waals surface area contributed by atoms with Crippen LogP contribution in [0.4, 0.5) is 0 Å². The van der Waals surface area contributed by atoms with Crippen LogP contribution in [0.1, 0.15) is 0 Å². The van der Waals surface area contributed by atoms with E-state index in [-0.39, 0.29) is 0 Å². The molecule has 2 rings (SSSR count). The van der Waals surface area contributed by atoms with E-state index < -0.39 is 54.1 Å². The fourth-order valence-electron chi connectivity index (χ4n) is 1.60. The van der Waals surface area contributed by atoms with Crippen molar-refractivity contribution in [3.8, 4) is 34.5 Å². The van der Waals surface area contributed by atoms with Gasteiger partial charge < -0.3 is 30.6 Å². The lowest BCUT2D eigenvalue weighted by molar-refractivity contribution is 0.365. The van der Waals surface area contributed by atoms with Gasteiger partial charge in [-0.2, -0.15) is 0 Å². The molecule has 0 unspecified atom stereocenters. The first-order valence-electron chi connectivity index (χ1n) is 5.39. The number of hydrogen-bond acceptors (Lipinski definition) is 8. The molecule has 0 heterocycles. The van der Waals surface area contributed by atoms with E-state index in [1.54, 1.807) is 0 Å². The van der Waals surface area contributed by atoms with Gasteiger partial charge in [0, 0.05) is 24.3 Å². The highest BCUT2D eigenvalue weighted by Crippen LogP contribution is 2.41. The van der Waals surface area contributed by atoms with Gasteiger partial charge in [0.2, 0.25) is 9.84 Å². The van der Waals surface area contributed by atoms with Crippen LogP contribution < -0.4 is 0 Å². The molecule has 0 spiro atoms. The number of rotatable bonds is 2. The third kappa shape index (κ3) is 2.34. The van der Waals surface area contributed by atoms with Gasteiger partial charge in [-0.3, -0.25) is 0 Å². The summed E-state index contributed by atoms with van der Waals surface area (Å²) in [5, 5.41) is 55.7. The minimum Gasteiger partial charge on any atom is -0.504 e. The maximum atomic E-state index is 12.3. The Morgan fingerprint density at radius 3 is 1.05 bits per heavy atom. The molecule has 0 fully saturated rings. The van der Waals surface area contributed by atoms with Crippen LogP contribution in [0.5, 0.6) is 34.5 Å². The molecule has 0 amide bonds. The molecule has 0 saturated carbocycles. The molecule has 2 aromatic carbocycles. The summed E-state index contributed by atoms with van der Waals surface area (Å²) >= 11 is 0. The SMILES string of the molecule is O=S(=O)(c1cc(O)c(O)c(O)c1)c1cc(O)c(O)c(O)c1. The van der Waals surface area contributed by atoms with Crippen molar-refractivity contribution in [1.82, 2.24) is 0 Å².